The average Bonchev–Trinajstić information content (AvgIpc) is 2.62. The third-order valence-corrected chi connectivity index (χ3v) is 5.09. The molecule has 134 valence electrons. The van der Waals surface area contributed by atoms with Crippen LogP contribution in [0.15, 0.2) is 36.4 Å². The first-order valence-electron chi connectivity index (χ1n) is 8.90. The van der Waals surface area contributed by atoms with Gasteiger partial charge in [-0.25, -0.2) is 0 Å². The molecule has 2 heterocycles. The van der Waals surface area contributed by atoms with Gasteiger partial charge < -0.3 is 21.5 Å². The number of hydrogen-bond donors (Lipinski definition) is 3. The summed E-state index contributed by atoms with van der Waals surface area (Å²) >= 11 is 0. The minimum absolute atomic E-state index is 0.0957. The molecule has 2 aromatic rings. The first-order valence-corrected chi connectivity index (χ1v) is 8.90. The van der Waals surface area contributed by atoms with Gasteiger partial charge in [0, 0.05) is 24.6 Å². The Kier molecular flexibility index (Phi) is 5.38. The lowest BCUT2D eigenvalue weighted by molar-refractivity contribution is 0.0939. The van der Waals surface area contributed by atoms with Gasteiger partial charge in [0.25, 0.3) is 0 Å². The molecular weight excluding hydrogens is 314 g/mol. The zero-order valence-electron chi connectivity index (χ0n) is 14.6. The molecule has 5 N–H and O–H groups in total. The molecule has 0 saturated carbocycles. The second kappa shape index (κ2) is 7.70. The molecule has 1 saturated heterocycles. The van der Waals surface area contributed by atoms with Gasteiger partial charge in [-0.05, 0) is 37.7 Å². The average molecular weight is 341 g/mol. The predicted molar refractivity (Wildman–Crippen MR) is 101 cm³/mol. The van der Waals surface area contributed by atoms with Crippen LogP contribution in [-0.4, -0.2) is 34.8 Å². The number of aromatic nitrogens is 2. The molecule has 25 heavy (non-hydrogen) atoms. The van der Waals surface area contributed by atoms with Crippen LogP contribution >= 0.6 is 0 Å². The third-order valence-electron chi connectivity index (χ3n) is 5.09. The van der Waals surface area contributed by atoms with E-state index in [9.17, 15) is 5.11 Å². The minimum atomic E-state index is -0.0957. The zero-order chi connectivity index (χ0) is 17.7. The van der Waals surface area contributed by atoms with Crippen LogP contribution in [0.1, 0.15) is 31.2 Å². The van der Waals surface area contributed by atoms with Crippen LogP contribution < -0.4 is 16.4 Å². The number of aliphatic hydroxyl groups excluding tert-OH is 1. The highest BCUT2D eigenvalue weighted by atomic mass is 16.3. The highest BCUT2D eigenvalue weighted by molar-refractivity contribution is 5.50. The summed E-state index contributed by atoms with van der Waals surface area (Å²) in [6, 6.07) is 12.3. The van der Waals surface area contributed by atoms with E-state index in [1.54, 1.807) is 6.07 Å². The fourth-order valence-corrected chi connectivity index (χ4v) is 3.76. The van der Waals surface area contributed by atoms with E-state index in [1.807, 2.05) is 6.07 Å². The number of nitrogens with two attached hydrogens (primary N) is 2. The zero-order valence-corrected chi connectivity index (χ0v) is 14.6. The molecule has 0 radical (unpaired) electrons. The maximum absolute atomic E-state index is 10.1. The van der Waals surface area contributed by atoms with Gasteiger partial charge in [-0.15, -0.1) is 0 Å². The second-order valence-electron chi connectivity index (χ2n) is 7.03. The minimum Gasteiger partial charge on any atom is -0.396 e. The summed E-state index contributed by atoms with van der Waals surface area (Å²) in [5.41, 5.74) is 12.8. The maximum Gasteiger partial charge on any atom is 0.223 e. The van der Waals surface area contributed by atoms with Crippen molar-refractivity contribution in [2.45, 2.75) is 32.1 Å². The summed E-state index contributed by atoms with van der Waals surface area (Å²) in [4.78, 5) is 10.4. The molecule has 3 rings (SSSR count). The van der Waals surface area contributed by atoms with Crippen molar-refractivity contribution < 1.29 is 5.11 Å². The van der Waals surface area contributed by atoms with Gasteiger partial charge in [-0.3, -0.25) is 0 Å². The van der Waals surface area contributed by atoms with Crippen molar-refractivity contribution >= 4 is 17.6 Å². The van der Waals surface area contributed by atoms with Crippen LogP contribution in [0, 0.1) is 5.41 Å². The van der Waals surface area contributed by atoms with Gasteiger partial charge in [0.2, 0.25) is 5.95 Å². The molecule has 1 aromatic carbocycles. The SMILES string of the molecule is Nc1cc(N2CCC[C@@](CO)(CCCc3ccccc3)C2)nc(N)n1. The summed E-state index contributed by atoms with van der Waals surface area (Å²) in [7, 11) is 0. The van der Waals surface area contributed by atoms with E-state index in [4.69, 9.17) is 11.5 Å². The topological polar surface area (TPSA) is 101 Å². The Labute approximate surface area is 148 Å². The van der Waals surface area contributed by atoms with Crippen LogP contribution in [0.4, 0.5) is 17.6 Å². The molecule has 1 aliphatic heterocycles. The molecule has 1 atom stereocenters. The molecule has 0 spiro atoms. The van der Waals surface area contributed by atoms with E-state index >= 15 is 0 Å². The van der Waals surface area contributed by atoms with Crippen LogP contribution in [0.5, 0.6) is 0 Å². The fraction of sp³-hybridized carbons (Fsp3) is 0.474. The summed E-state index contributed by atoms with van der Waals surface area (Å²) in [5, 5.41) is 10.1. The first-order chi connectivity index (χ1) is 12.1. The van der Waals surface area contributed by atoms with Gasteiger partial charge >= 0.3 is 0 Å². The number of anilines is 3. The standard InChI is InChI=1S/C19H27N5O/c20-16-12-17(23-18(21)22-16)24-11-5-10-19(13-24,14-25)9-4-8-15-6-2-1-3-7-15/h1-3,6-7,12,25H,4-5,8-11,13-14H2,(H4,20,21,22,23)/t19-/m0/s1. The molecule has 0 unspecified atom stereocenters. The lowest BCUT2D eigenvalue weighted by Crippen LogP contribution is -2.46. The Morgan fingerprint density at radius 1 is 1.16 bits per heavy atom. The molecule has 1 aliphatic rings. The molecule has 0 aliphatic carbocycles. The molecule has 0 amide bonds. The van der Waals surface area contributed by atoms with E-state index < -0.39 is 0 Å². The van der Waals surface area contributed by atoms with Crippen molar-refractivity contribution in [3.8, 4) is 0 Å². The van der Waals surface area contributed by atoms with Gasteiger partial charge in [0.05, 0.1) is 6.61 Å². The van der Waals surface area contributed by atoms with Gasteiger partial charge in [0.15, 0.2) is 0 Å². The van der Waals surface area contributed by atoms with Crippen molar-refractivity contribution in [3.63, 3.8) is 0 Å². The molecule has 1 aromatic heterocycles. The summed E-state index contributed by atoms with van der Waals surface area (Å²) < 4.78 is 0. The van der Waals surface area contributed by atoms with Crippen LogP contribution in [0.2, 0.25) is 0 Å². The first kappa shape index (κ1) is 17.5. The van der Waals surface area contributed by atoms with Crippen molar-refractivity contribution in [2.24, 2.45) is 5.41 Å². The summed E-state index contributed by atoms with van der Waals surface area (Å²) in [5.74, 6) is 1.33. The quantitative estimate of drug-likeness (QED) is 0.745. The van der Waals surface area contributed by atoms with Gasteiger partial charge in [-0.1, -0.05) is 30.3 Å². The molecule has 6 nitrogen and oxygen atoms in total. The monoisotopic (exact) mass is 341 g/mol. The smallest absolute Gasteiger partial charge is 0.223 e. The van der Waals surface area contributed by atoms with Crippen molar-refractivity contribution in [1.82, 2.24) is 9.97 Å². The number of piperidine rings is 1. The Bertz CT molecular complexity index is 673. The van der Waals surface area contributed by atoms with E-state index in [0.717, 1.165) is 51.0 Å². The normalized spacial score (nSPS) is 20.6. The van der Waals surface area contributed by atoms with Crippen molar-refractivity contribution in [2.75, 3.05) is 36.1 Å². The maximum atomic E-state index is 10.1. The van der Waals surface area contributed by atoms with Crippen molar-refractivity contribution in [1.29, 1.82) is 0 Å². The Morgan fingerprint density at radius 3 is 2.68 bits per heavy atom. The van der Waals surface area contributed by atoms with E-state index in [0.29, 0.717) is 5.82 Å². The highest BCUT2D eigenvalue weighted by Crippen LogP contribution is 2.36. The lowest BCUT2D eigenvalue weighted by Gasteiger charge is -2.42. The molecular formula is C19H27N5O. The molecule has 0 bridgehead atoms. The number of rotatable bonds is 6. The fourth-order valence-electron chi connectivity index (χ4n) is 3.76. The number of aryl methyl sites for hydroxylation is 1. The Balaban J connectivity index is 1.66. The van der Waals surface area contributed by atoms with Crippen LogP contribution in [-0.2, 0) is 6.42 Å². The summed E-state index contributed by atoms with van der Waals surface area (Å²) in [6.07, 6.45) is 5.15. The van der Waals surface area contributed by atoms with E-state index in [-0.39, 0.29) is 18.0 Å². The van der Waals surface area contributed by atoms with Gasteiger partial charge in [0.1, 0.15) is 11.6 Å². The molecule has 1 fully saturated rings. The summed E-state index contributed by atoms with van der Waals surface area (Å²) in [6.45, 7) is 1.86. The third kappa shape index (κ3) is 4.39. The van der Waals surface area contributed by atoms with Crippen LogP contribution in [0.3, 0.4) is 0 Å². The predicted octanol–water partition coefficient (Wildman–Crippen LogP) is 2.24. The molecule has 6 heteroatoms. The number of hydrogen-bond acceptors (Lipinski definition) is 6. The lowest BCUT2D eigenvalue weighted by atomic mass is 9.76. The van der Waals surface area contributed by atoms with Gasteiger partial charge in [-0.2, -0.15) is 9.97 Å². The van der Waals surface area contributed by atoms with Crippen LogP contribution in [0.25, 0.3) is 0 Å². The number of nitrogens with zero attached hydrogens (tertiary/aromatic N) is 3. The second-order valence-corrected chi connectivity index (χ2v) is 7.03. The Morgan fingerprint density at radius 2 is 1.96 bits per heavy atom. The highest BCUT2D eigenvalue weighted by Gasteiger charge is 2.35. The number of nitrogen functional groups attached to an aromatic ring is 2. The van der Waals surface area contributed by atoms with E-state index in [2.05, 4.69) is 39.1 Å². The number of benzene rings is 1. The number of aliphatic hydroxyl groups is 1. The van der Waals surface area contributed by atoms with Crippen molar-refractivity contribution in [3.05, 3.63) is 42.0 Å². The van der Waals surface area contributed by atoms with E-state index in [1.165, 1.54) is 5.56 Å². The largest absolute Gasteiger partial charge is 0.396 e. The Hall–Kier alpha value is -2.34.